The van der Waals surface area contributed by atoms with Crippen molar-refractivity contribution >= 4 is 52.4 Å². The van der Waals surface area contributed by atoms with Gasteiger partial charge in [0.25, 0.3) is 0 Å². The van der Waals surface area contributed by atoms with Crippen molar-refractivity contribution in [1.29, 1.82) is 0 Å². The van der Waals surface area contributed by atoms with Gasteiger partial charge in [-0.1, -0.05) is 42.2 Å². The number of nitrogens with zero attached hydrogens (tertiary/aromatic N) is 2. The van der Waals surface area contributed by atoms with Gasteiger partial charge in [-0.3, -0.25) is 0 Å². The van der Waals surface area contributed by atoms with E-state index < -0.39 is 8.07 Å². The lowest BCUT2D eigenvalue weighted by Crippen LogP contribution is -2.27. The van der Waals surface area contributed by atoms with E-state index in [0.29, 0.717) is 10.7 Å². The minimum Gasteiger partial charge on any atom is -0.361 e. The van der Waals surface area contributed by atoms with Gasteiger partial charge in [-0.15, -0.1) is 0 Å². The van der Waals surface area contributed by atoms with Crippen LogP contribution in [-0.4, -0.2) is 32.9 Å². The first-order valence-electron chi connectivity index (χ1n) is 6.49. The fourth-order valence-corrected chi connectivity index (χ4v) is 4.03. The quantitative estimate of drug-likeness (QED) is 0.284. The van der Waals surface area contributed by atoms with Gasteiger partial charge in [0.2, 0.25) is 0 Å². The van der Waals surface area contributed by atoms with Gasteiger partial charge in [0.05, 0.1) is 3.92 Å². The lowest BCUT2D eigenvalue weighted by Gasteiger charge is -2.20. The fourth-order valence-electron chi connectivity index (χ4n) is 1.99. The van der Waals surface area contributed by atoms with Gasteiger partial charge in [-0.25, -0.2) is 4.98 Å². The van der Waals surface area contributed by atoms with E-state index in [1.165, 1.54) is 11.6 Å². The summed E-state index contributed by atoms with van der Waals surface area (Å²) >= 11 is 5.97. The van der Waals surface area contributed by atoms with Crippen LogP contribution in [0.1, 0.15) is 9.49 Å². The molecule has 1 aliphatic rings. The summed E-state index contributed by atoms with van der Waals surface area (Å²) in [5.41, 5.74) is 1.31. The second-order valence-corrected chi connectivity index (χ2v) is 14.1. The van der Waals surface area contributed by atoms with Gasteiger partial charge in [-0.05, 0) is 28.0 Å². The number of ether oxygens (including phenoxy) is 1. The summed E-state index contributed by atoms with van der Waals surface area (Å²) in [5.74, 6) is 1.08. The Morgan fingerprint density at radius 1 is 1.53 bits per heavy atom. The molecule has 0 saturated heterocycles. The Kier molecular flexibility index (Phi) is 5.30. The second-order valence-electron chi connectivity index (χ2n) is 6.10. The van der Waals surface area contributed by atoms with Gasteiger partial charge in [0.1, 0.15) is 12.5 Å². The van der Waals surface area contributed by atoms with E-state index in [2.05, 4.69) is 74.1 Å². The molecule has 1 aliphatic heterocycles. The molecule has 3 nitrogen and oxygen atoms in total. The highest BCUT2D eigenvalue weighted by molar-refractivity contribution is 14.1. The molecule has 0 aromatic carbocycles. The lowest BCUT2D eigenvalue weighted by molar-refractivity contribution is 0.147. The molecule has 0 spiro atoms. The summed E-state index contributed by atoms with van der Waals surface area (Å²) in [6.07, 6.45) is 1.86. The van der Waals surface area contributed by atoms with Crippen LogP contribution in [0.3, 0.4) is 0 Å². The van der Waals surface area contributed by atoms with Crippen molar-refractivity contribution in [2.24, 2.45) is 0 Å². The number of rotatable bonds is 5. The highest BCUT2D eigenvalue weighted by Crippen LogP contribution is 2.39. The maximum atomic E-state index is 5.83. The Balaban J connectivity index is 1.91. The molecule has 0 aliphatic carbocycles. The van der Waals surface area contributed by atoms with E-state index in [1.54, 1.807) is 0 Å². The number of fused-ring (bicyclic) bond motifs is 1. The van der Waals surface area contributed by atoms with Gasteiger partial charge in [0, 0.05) is 37.5 Å². The molecule has 1 atom stereocenters. The van der Waals surface area contributed by atoms with Gasteiger partial charge >= 0.3 is 0 Å². The summed E-state index contributed by atoms with van der Waals surface area (Å²) in [7, 11) is -0.993. The summed E-state index contributed by atoms with van der Waals surface area (Å²) in [6, 6.07) is 3.39. The van der Waals surface area contributed by atoms with Crippen LogP contribution in [0.15, 0.2) is 16.7 Å². The third kappa shape index (κ3) is 4.40. The zero-order valence-corrected chi connectivity index (χ0v) is 16.4. The Morgan fingerprint density at radius 3 is 2.95 bits per heavy atom. The van der Waals surface area contributed by atoms with E-state index in [0.717, 1.165) is 23.4 Å². The Morgan fingerprint density at radius 2 is 2.26 bits per heavy atom. The molecule has 6 heteroatoms. The molecule has 2 rings (SSSR count). The smallest absolute Gasteiger partial charge is 0.134 e. The number of hydrogen-bond acceptors (Lipinski definition) is 3. The first-order valence-corrected chi connectivity index (χ1v) is 12.2. The van der Waals surface area contributed by atoms with Crippen LogP contribution >= 0.6 is 38.5 Å². The Labute approximate surface area is 138 Å². The molecule has 0 amide bonds. The minimum absolute atomic E-state index is 0.498. The van der Waals surface area contributed by atoms with Gasteiger partial charge in [0.15, 0.2) is 0 Å². The van der Waals surface area contributed by atoms with Gasteiger partial charge in [-0.2, -0.15) is 0 Å². The minimum atomic E-state index is -0.993. The van der Waals surface area contributed by atoms with Crippen LogP contribution < -0.4 is 4.90 Å². The van der Waals surface area contributed by atoms with Crippen molar-refractivity contribution < 1.29 is 4.74 Å². The van der Waals surface area contributed by atoms with Crippen LogP contribution in [0.4, 0.5) is 5.82 Å². The lowest BCUT2D eigenvalue weighted by atomic mass is 10.2. The van der Waals surface area contributed by atoms with E-state index in [4.69, 9.17) is 4.74 Å². The normalized spacial score (nSPS) is 18.8. The maximum Gasteiger partial charge on any atom is 0.134 e. The third-order valence-electron chi connectivity index (χ3n) is 3.12. The van der Waals surface area contributed by atoms with Crippen molar-refractivity contribution in [2.75, 3.05) is 24.8 Å². The number of alkyl halides is 1. The summed E-state index contributed by atoms with van der Waals surface area (Å²) in [4.78, 5) is 6.76. The van der Waals surface area contributed by atoms with E-state index in [9.17, 15) is 0 Å². The highest BCUT2D eigenvalue weighted by atomic mass is 127. The molecule has 0 bridgehead atoms. The third-order valence-corrected chi connectivity index (χ3v) is 6.33. The van der Waals surface area contributed by atoms with E-state index in [1.807, 2.05) is 6.20 Å². The van der Waals surface area contributed by atoms with E-state index >= 15 is 0 Å². The van der Waals surface area contributed by atoms with Crippen LogP contribution in [0, 0.1) is 0 Å². The summed E-state index contributed by atoms with van der Waals surface area (Å²) in [5, 5.41) is 0. The summed E-state index contributed by atoms with van der Waals surface area (Å²) < 4.78 is 7.38. The monoisotopic (exact) mass is 454 g/mol. The van der Waals surface area contributed by atoms with Crippen LogP contribution in [0.2, 0.25) is 25.7 Å². The second kappa shape index (κ2) is 6.40. The number of aromatic nitrogens is 1. The Hall–Kier alpha value is 0.337. The number of halogens is 2. The van der Waals surface area contributed by atoms with Crippen molar-refractivity contribution in [2.45, 2.75) is 29.6 Å². The maximum absolute atomic E-state index is 5.83. The topological polar surface area (TPSA) is 25.4 Å². The molecule has 1 aromatic heterocycles. The van der Waals surface area contributed by atoms with E-state index in [-0.39, 0.29) is 0 Å². The number of hydrogen-bond donors (Lipinski definition) is 0. The zero-order valence-electron chi connectivity index (χ0n) is 11.6. The van der Waals surface area contributed by atoms with Crippen LogP contribution in [0.5, 0.6) is 0 Å². The summed E-state index contributed by atoms with van der Waals surface area (Å²) in [6.45, 7) is 9.65. The number of pyridine rings is 1. The number of anilines is 1. The SMILES string of the molecule is C[Si](C)(C)CCOCN1CC(I)c2cc(Br)cnc21. The van der Waals surface area contributed by atoms with Gasteiger partial charge < -0.3 is 9.64 Å². The Bertz CT molecular complexity index is 453. The molecule has 0 saturated carbocycles. The molecule has 0 radical (unpaired) electrons. The largest absolute Gasteiger partial charge is 0.361 e. The van der Waals surface area contributed by atoms with Crippen molar-refractivity contribution in [3.05, 3.63) is 22.3 Å². The molecule has 106 valence electrons. The molecule has 0 N–H and O–H groups in total. The molecular formula is C13H20BrIN2OSi. The standard InChI is InChI=1S/C13H20BrIN2OSi/c1-19(2,3)5-4-18-9-17-8-12(15)11-6-10(14)7-16-13(11)17/h6-7,12H,4-5,8-9H2,1-3H3. The predicted molar refractivity (Wildman–Crippen MR) is 95.0 cm³/mol. The molecular weight excluding hydrogens is 435 g/mol. The van der Waals surface area contributed by atoms with Crippen molar-refractivity contribution in [1.82, 2.24) is 4.98 Å². The molecule has 19 heavy (non-hydrogen) atoms. The van der Waals surface area contributed by atoms with Crippen LogP contribution in [-0.2, 0) is 4.74 Å². The fraction of sp³-hybridized carbons (Fsp3) is 0.615. The molecule has 1 aromatic rings. The van der Waals surface area contributed by atoms with Crippen molar-refractivity contribution in [3.63, 3.8) is 0 Å². The van der Waals surface area contributed by atoms with Crippen molar-refractivity contribution in [3.8, 4) is 0 Å². The highest BCUT2D eigenvalue weighted by Gasteiger charge is 2.28. The molecule has 1 unspecified atom stereocenters. The average Bonchev–Trinajstić information content (AvgIpc) is 2.60. The molecule has 2 heterocycles. The molecule has 0 fully saturated rings. The predicted octanol–water partition coefficient (Wildman–Crippen LogP) is 4.45. The zero-order chi connectivity index (χ0) is 14.0. The first kappa shape index (κ1) is 15.7. The average molecular weight is 455 g/mol. The van der Waals surface area contributed by atoms with Crippen LogP contribution in [0.25, 0.3) is 0 Å². The first-order chi connectivity index (χ1) is 8.87.